The van der Waals surface area contributed by atoms with Gasteiger partial charge in [-0.2, -0.15) is 18.2 Å². The first-order valence-electron chi connectivity index (χ1n) is 6.49. The van der Waals surface area contributed by atoms with Gasteiger partial charge < -0.3 is 9.41 Å². The Balaban J connectivity index is -0.000000105. The van der Waals surface area contributed by atoms with Crippen molar-refractivity contribution in [3.63, 3.8) is 0 Å². The van der Waals surface area contributed by atoms with Crippen LogP contribution in [-0.4, -0.2) is 27.6 Å². The van der Waals surface area contributed by atoms with E-state index in [0.717, 1.165) is 0 Å². The Bertz CT molecular complexity index is 345. The number of rotatable bonds is 1. The first kappa shape index (κ1) is 29.5. The number of hydrogen-bond donors (Lipinski definition) is 0. The molecule has 5 heteroatoms. The third kappa shape index (κ3) is 20.5. The van der Waals surface area contributed by atoms with Crippen LogP contribution in [-0.2, 0) is 26.2 Å². The summed E-state index contributed by atoms with van der Waals surface area (Å²) in [6.45, 7) is 0. The zero-order valence-electron chi connectivity index (χ0n) is 14.0. The normalized spacial score (nSPS) is 8.71. The molecule has 0 unspecified atom stereocenters. The van der Waals surface area contributed by atoms with Crippen molar-refractivity contribution < 1.29 is 35.6 Å². The molecule has 0 saturated heterocycles. The second-order valence-corrected chi connectivity index (χ2v) is 22.8. The summed E-state index contributed by atoms with van der Waals surface area (Å²) < 4.78 is 1.61. The molecule has 0 aliphatic heterocycles. The smallest absolute Gasteiger partial charge is 1.00 e. The molecule has 0 atom stereocenters. The Morgan fingerprint density at radius 2 is 1.14 bits per heavy atom. The van der Waals surface area contributed by atoms with Crippen LogP contribution < -0.4 is 13.8 Å². The van der Waals surface area contributed by atoms with Crippen molar-refractivity contribution in [3.05, 3.63) is 54.6 Å². The summed E-state index contributed by atoms with van der Waals surface area (Å²) in [4.78, 5) is 0. The van der Waals surface area contributed by atoms with E-state index in [0.29, 0.717) is 0 Å². The molecule has 0 saturated carbocycles. The monoisotopic (exact) mass is 495 g/mol. The van der Waals surface area contributed by atoms with Gasteiger partial charge in [-0.3, -0.25) is 0 Å². The maximum absolute atomic E-state index is 2.41. The van der Waals surface area contributed by atoms with E-state index in [9.17, 15) is 0 Å². The zero-order valence-corrected chi connectivity index (χ0v) is 20.6. The third-order valence-electron chi connectivity index (χ3n) is 2.08. The van der Waals surface area contributed by atoms with Crippen LogP contribution in [0.15, 0.2) is 54.6 Å². The molecule has 0 amide bonds. The molecule has 21 heavy (non-hydrogen) atoms. The zero-order chi connectivity index (χ0) is 14.0. The van der Waals surface area contributed by atoms with Crippen molar-refractivity contribution in [3.8, 4) is 0 Å². The van der Waals surface area contributed by atoms with Gasteiger partial charge in [0.2, 0.25) is 0 Å². The molecular formula is C16H27F2Ge2Zr. The standard InChI is InChI=1S/C8H13Ge.C5H5.C3H9Ge.2FH.Zr/c1-9(2,3)8-6-4-5-7-8;1-2-4-5-3-1;1-4(2)3;;;/h4-7H,1-3H3;1-5H;1-3H3;2*1H;/q2*-1;;;;+4/p-2. The second kappa shape index (κ2) is 16.9. The predicted octanol–water partition coefficient (Wildman–Crippen LogP) is -1.27. The van der Waals surface area contributed by atoms with Gasteiger partial charge in [0.05, 0.1) is 0 Å². The number of halogens is 2. The van der Waals surface area contributed by atoms with Gasteiger partial charge >= 0.3 is 117 Å². The maximum atomic E-state index is 2.41. The summed E-state index contributed by atoms with van der Waals surface area (Å²) >= 11 is -1.77. The first-order valence-corrected chi connectivity index (χ1v) is 20.1. The van der Waals surface area contributed by atoms with Gasteiger partial charge in [0.15, 0.2) is 0 Å². The summed E-state index contributed by atoms with van der Waals surface area (Å²) in [6.07, 6.45) is 0. The van der Waals surface area contributed by atoms with Gasteiger partial charge in [-0.05, 0) is 0 Å². The maximum Gasteiger partial charge on any atom is 4.00 e. The van der Waals surface area contributed by atoms with Crippen molar-refractivity contribution in [2.24, 2.45) is 0 Å². The SMILES string of the molecule is [CH3][Ge]([CH3])([CH3])[c-]1cccc1.[CH3][Ge]([CH3])[CH3].[F-].[F-].[Zr+4].c1cc[cH-]c1. The first-order chi connectivity index (χ1) is 8.34. The summed E-state index contributed by atoms with van der Waals surface area (Å²) in [5.74, 6) is 14.2. The summed E-state index contributed by atoms with van der Waals surface area (Å²) in [6, 6.07) is 18.8. The van der Waals surface area contributed by atoms with E-state index in [2.05, 4.69) is 58.8 Å². The van der Waals surface area contributed by atoms with Gasteiger partial charge in [0.25, 0.3) is 0 Å². The minimum absolute atomic E-state index is 0. The number of hydrogen-bond acceptors (Lipinski definition) is 0. The minimum Gasteiger partial charge on any atom is -1.00 e. The molecular weight excluding hydrogens is 467 g/mol. The summed E-state index contributed by atoms with van der Waals surface area (Å²) in [5.41, 5.74) is 0. The van der Waals surface area contributed by atoms with Gasteiger partial charge in [-0.15, -0.1) is 0 Å². The van der Waals surface area contributed by atoms with Crippen molar-refractivity contribution in [2.75, 3.05) is 0 Å². The van der Waals surface area contributed by atoms with Crippen molar-refractivity contribution in [1.29, 1.82) is 0 Å². The van der Waals surface area contributed by atoms with Crippen molar-refractivity contribution >= 4 is 32.0 Å². The van der Waals surface area contributed by atoms with E-state index in [4.69, 9.17) is 0 Å². The van der Waals surface area contributed by atoms with Crippen LogP contribution in [0.5, 0.6) is 0 Å². The van der Waals surface area contributed by atoms with Crippen LogP contribution in [0.3, 0.4) is 0 Å². The Kier molecular flexibility index (Phi) is 23.8. The van der Waals surface area contributed by atoms with Crippen LogP contribution in [0, 0.1) is 0 Å². The molecule has 0 aliphatic carbocycles. The fourth-order valence-corrected chi connectivity index (χ4v) is 3.70. The second-order valence-electron chi connectivity index (χ2n) is 5.89. The van der Waals surface area contributed by atoms with Crippen molar-refractivity contribution in [2.45, 2.75) is 34.5 Å². The van der Waals surface area contributed by atoms with E-state index in [-0.39, 0.29) is 50.0 Å². The Hall–Kier alpha value is 0.529. The van der Waals surface area contributed by atoms with Crippen molar-refractivity contribution in [1.82, 2.24) is 0 Å². The molecule has 0 nitrogen and oxygen atoms in total. The van der Waals surface area contributed by atoms with E-state index in [1.807, 2.05) is 30.3 Å². The molecule has 0 heterocycles. The largest absolute Gasteiger partial charge is 4.00 e. The molecule has 0 aromatic heterocycles. The van der Waals surface area contributed by atoms with E-state index < -0.39 is 13.3 Å². The average Bonchev–Trinajstić information content (AvgIpc) is 2.93. The molecule has 1 radical (unpaired) electrons. The fourth-order valence-electron chi connectivity index (χ4n) is 1.19. The van der Waals surface area contributed by atoms with Crippen LogP contribution in [0.1, 0.15) is 0 Å². The van der Waals surface area contributed by atoms with Crippen LogP contribution in [0.25, 0.3) is 0 Å². The molecule has 0 spiro atoms. The summed E-state index contributed by atoms with van der Waals surface area (Å²) in [5, 5.41) is 0. The fraction of sp³-hybridized carbons (Fsp3) is 0.375. The quantitative estimate of drug-likeness (QED) is 0.344. The Morgan fingerprint density at radius 1 is 0.810 bits per heavy atom. The molecule has 0 N–H and O–H groups in total. The Morgan fingerprint density at radius 3 is 1.29 bits per heavy atom. The van der Waals surface area contributed by atoms with Crippen LogP contribution in [0.4, 0.5) is 0 Å². The van der Waals surface area contributed by atoms with Gasteiger partial charge in [0.1, 0.15) is 0 Å². The van der Waals surface area contributed by atoms with Crippen LogP contribution >= 0.6 is 0 Å². The predicted molar refractivity (Wildman–Crippen MR) is 90.4 cm³/mol. The topological polar surface area (TPSA) is 0 Å². The van der Waals surface area contributed by atoms with E-state index >= 15 is 0 Å². The average molecular weight is 494 g/mol. The Labute approximate surface area is 155 Å². The molecule has 2 aromatic carbocycles. The molecule has 0 bridgehead atoms. The molecule has 117 valence electrons. The molecule has 2 rings (SSSR count). The minimum atomic E-state index is -1.44. The van der Waals surface area contributed by atoms with Gasteiger partial charge in [-0.25, -0.2) is 12.1 Å². The third-order valence-corrected chi connectivity index (χ3v) is 6.42. The van der Waals surface area contributed by atoms with Gasteiger partial charge in [-0.1, -0.05) is 0 Å². The van der Waals surface area contributed by atoms with E-state index in [1.54, 1.807) is 4.40 Å². The van der Waals surface area contributed by atoms with Crippen LogP contribution in [0.2, 0.25) is 34.5 Å². The molecule has 0 fully saturated rings. The summed E-state index contributed by atoms with van der Waals surface area (Å²) in [7, 11) is 0. The molecule has 2 aromatic rings. The molecule has 0 aliphatic rings. The van der Waals surface area contributed by atoms with E-state index in [1.165, 1.54) is 0 Å². The van der Waals surface area contributed by atoms with Gasteiger partial charge in [0, 0.05) is 0 Å².